The molecule has 1 unspecified atom stereocenters. The molecule has 7 heteroatoms. The van der Waals surface area contributed by atoms with E-state index in [2.05, 4.69) is 17.3 Å². The van der Waals surface area contributed by atoms with Gasteiger partial charge in [0, 0.05) is 31.4 Å². The molecule has 2 heterocycles. The molecule has 7 nitrogen and oxygen atoms in total. The summed E-state index contributed by atoms with van der Waals surface area (Å²) in [5, 5.41) is 8.09. The number of piperidine rings is 1. The fraction of sp³-hybridized carbons (Fsp3) is 0.333. The van der Waals surface area contributed by atoms with Gasteiger partial charge in [0.1, 0.15) is 0 Å². The Bertz CT molecular complexity index is 1160. The van der Waals surface area contributed by atoms with Crippen molar-refractivity contribution >= 4 is 22.6 Å². The Morgan fingerprint density at radius 3 is 2.52 bits per heavy atom. The highest BCUT2D eigenvalue weighted by Gasteiger charge is 2.21. The molecule has 0 spiro atoms. The van der Waals surface area contributed by atoms with E-state index in [-0.39, 0.29) is 30.1 Å². The maximum absolute atomic E-state index is 12.9. The first-order valence-electron chi connectivity index (χ1n) is 10.7. The van der Waals surface area contributed by atoms with Gasteiger partial charge in [-0.15, -0.1) is 0 Å². The Balaban J connectivity index is 1.54. The van der Waals surface area contributed by atoms with Crippen LogP contribution in [0.5, 0.6) is 0 Å². The van der Waals surface area contributed by atoms with E-state index in [1.165, 1.54) is 4.68 Å². The van der Waals surface area contributed by atoms with Crippen molar-refractivity contribution in [1.29, 1.82) is 0 Å². The summed E-state index contributed by atoms with van der Waals surface area (Å²) in [6.45, 7) is 3.94. The van der Waals surface area contributed by atoms with Gasteiger partial charge in [-0.2, -0.15) is 9.78 Å². The van der Waals surface area contributed by atoms with Crippen LogP contribution in [0, 0.1) is 5.92 Å². The quantitative estimate of drug-likeness (QED) is 0.691. The maximum Gasteiger partial charge on any atom is 0.279 e. The monoisotopic (exact) mass is 418 g/mol. The summed E-state index contributed by atoms with van der Waals surface area (Å²) in [7, 11) is 0. The molecule has 31 heavy (non-hydrogen) atoms. The van der Waals surface area contributed by atoms with Crippen molar-refractivity contribution < 1.29 is 9.59 Å². The average molecular weight is 418 g/mol. The van der Waals surface area contributed by atoms with E-state index in [0.717, 1.165) is 25.9 Å². The summed E-state index contributed by atoms with van der Waals surface area (Å²) in [5.74, 6) is 0.168. The van der Waals surface area contributed by atoms with Crippen LogP contribution in [0.15, 0.2) is 59.4 Å². The van der Waals surface area contributed by atoms with Crippen LogP contribution in [0.1, 0.15) is 36.7 Å². The highest BCUT2D eigenvalue weighted by atomic mass is 16.2. The van der Waals surface area contributed by atoms with Gasteiger partial charge in [0.2, 0.25) is 5.91 Å². The highest BCUT2D eigenvalue weighted by molar-refractivity contribution is 6.04. The summed E-state index contributed by atoms with van der Waals surface area (Å²) in [5.41, 5.74) is 0.465. The zero-order valence-electron chi connectivity index (χ0n) is 17.6. The summed E-state index contributed by atoms with van der Waals surface area (Å²) >= 11 is 0. The Hall–Kier alpha value is -3.48. The topological polar surface area (TPSA) is 84.3 Å². The molecular weight excluding hydrogens is 392 g/mol. The van der Waals surface area contributed by atoms with Gasteiger partial charge >= 0.3 is 0 Å². The first kappa shape index (κ1) is 20.8. The van der Waals surface area contributed by atoms with E-state index < -0.39 is 5.91 Å². The smallest absolute Gasteiger partial charge is 0.279 e. The number of aromatic nitrogens is 2. The van der Waals surface area contributed by atoms with Gasteiger partial charge in [0.25, 0.3) is 11.5 Å². The summed E-state index contributed by atoms with van der Waals surface area (Å²) in [6, 6.07) is 15.9. The predicted octanol–water partition coefficient (Wildman–Crippen LogP) is 2.76. The lowest BCUT2D eigenvalue weighted by Crippen LogP contribution is -2.40. The van der Waals surface area contributed by atoms with Crippen molar-refractivity contribution in [1.82, 2.24) is 20.0 Å². The third-order valence-corrected chi connectivity index (χ3v) is 5.65. The van der Waals surface area contributed by atoms with Gasteiger partial charge in [0.05, 0.1) is 11.1 Å². The zero-order valence-corrected chi connectivity index (χ0v) is 17.6. The maximum atomic E-state index is 12.9. The fourth-order valence-electron chi connectivity index (χ4n) is 4.04. The van der Waals surface area contributed by atoms with Gasteiger partial charge in [-0.05, 0) is 37.0 Å². The molecule has 1 aliphatic rings. The number of para-hydroxylation sites is 1. The number of carbonyl (C=O) groups is 2. The third-order valence-electron chi connectivity index (χ3n) is 5.65. The number of fused-ring (bicyclic) bond motifs is 1. The number of rotatable bonds is 5. The van der Waals surface area contributed by atoms with Gasteiger partial charge in [-0.3, -0.25) is 14.4 Å². The molecule has 1 N–H and O–H groups in total. The largest absolute Gasteiger partial charge is 0.350 e. The van der Waals surface area contributed by atoms with Gasteiger partial charge < -0.3 is 10.2 Å². The van der Waals surface area contributed by atoms with E-state index in [4.69, 9.17) is 0 Å². The van der Waals surface area contributed by atoms with Crippen molar-refractivity contribution in [2.75, 3.05) is 19.6 Å². The average Bonchev–Trinajstić information content (AvgIpc) is 2.80. The summed E-state index contributed by atoms with van der Waals surface area (Å²) < 4.78 is 1.25. The van der Waals surface area contributed by atoms with E-state index in [1.54, 1.807) is 36.4 Å². The minimum atomic E-state index is -0.402. The van der Waals surface area contributed by atoms with E-state index in [1.807, 2.05) is 23.1 Å². The van der Waals surface area contributed by atoms with Crippen LogP contribution in [0.25, 0.3) is 16.5 Å². The first-order chi connectivity index (χ1) is 15.0. The molecule has 2 aromatic carbocycles. The zero-order chi connectivity index (χ0) is 21.8. The lowest BCUT2D eigenvalue weighted by Gasteiger charge is -2.31. The summed E-state index contributed by atoms with van der Waals surface area (Å²) in [4.78, 5) is 40.2. The lowest BCUT2D eigenvalue weighted by atomic mass is 10.00. The van der Waals surface area contributed by atoms with Crippen LogP contribution in [-0.4, -0.2) is 46.1 Å². The molecule has 0 bridgehead atoms. The van der Waals surface area contributed by atoms with Crippen LogP contribution in [0.3, 0.4) is 0 Å². The fourth-order valence-corrected chi connectivity index (χ4v) is 4.04. The van der Waals surface area contributed by atoms with Crippen molar-refractivity contribution in [2.45, 2.75) is 26.2 Å². The number of hydrogen-bond acceptors (Lipinski definition) is 4. The van der Waals surface area contributed by atoms with Crippen molar-refractivity contribution in [2.24, 2.45) is 5.92 Å². The SMILES string of the molecule is CC1CCCN(C(=O)CCNC(=O)c2nn(-c3ccccc3)c(=O)c3ccccc23)C1. The van der Waals surface area contributed by atoms with Crippen LogP contribution in [0.2, 0.25) is 0 Å². The number of amides is 2. The van der Waals surface area contributed by atoms with Gasteiger partial charge in [0.15, 0.2) is 5.69 Å². The van der Waals surface area contributed by atoms with E-state index in [9.17, 15) is 14.4 Å². The molecule has 1 atom stereocenters. The number of nitrogens with one attached hydrogen (secondary N) is 1. The minimum Gasteiger partial charge on any atom is -0.350 e. The molecule has 1 fully saturated rings. The van der Waals surface area contributed by atoms with Crippen molar-refractivity contribution in [3.8, 4) is 5.69 Å². The number of carbonyl (C=O) groups excluding carboxylic acids is 2. The number of benzene rings is 2. The van der Waals surface area contributed by atoms with Crippen LogP contribution >= 0.6 is 0 Å². The molecule has 160 valence electrons. The molecule has 0 saturated carbocycles. The third kappa shape index (κ3) is 4.50. The van der Waals surface area contributed by atoms with Crippen LogP contribution in [0.4, 0.5) is 0 Å². The minimum absolute atomic E-state index is 0.0546. The number of nitrogens with zero attached hydrogens (tertiary/aromatic N) is 3. The molecule has 1 saturated heterocycles. The van der Waals surface area contributed by atoms with E-state index >= 15 is 0 Å². The molecule has 3 aromatic rings. The number of hydrogen-bond donors (Lipinski definition) is 1. The van der Waals surface area contributed by atoms with Gasteiger partial charge in [-0.1, -0.05) is 43.3 Å². The Morgan fingerprint density at radius 1 is 1.06 bits per heavy atom. The van der Waals surface area contributed by atoms with Crippen molar-refractivity contribution in [3.05, 3.63) is 70.6 Å². The molecule has 0 radical (unpaired) electrons. The Kier molecular flexibility index (Phi) is 6.11. The van der Waals surface area contributed by atoms with Crippen LogP contribution < -0.4 is 10.9 Å². The van der Waals surface area contributed by atoms with Crippen molar-refractivity contribution in [3.63, 3.8) is 0 Å². The molecule has 1 aromatic heterocycles. The second kappa shape index (κ2) is 9.12. The highest BCUT2D eigenvalue weighted by Crippen LogP contribution is 2.17. The van der Waals surface area contributed by atoms with Crippen LogP contribution in [-0.2, 0) is 4.79 Å². The Morgan fingerprint density at radius 2 is 1.77 bits per heavy atom. The molecule has 0 aliphatic carbocycles. The molecular formula is C24H26N4O3. The van der Waals surface area contributed by atoms with Gasteiger partial charge in [-0.25, -0.2) is 0 Å². The van der Waals surface area contributed by atoms with E-state index in [0.29, 0.717) is 22.4 Å². The molecule has 2 amide bonds. The normalized spacial score (nSPS) is 16.3. The second-order valence-electron chi connectivity index (χ2n) is 8.04. The summed E-state index contributed by atoms with van der Waals surface area (Å²) in [6.07, 6.45) is 2.42. The molecule has 4 rings (SSSR count). The predicted molar refractivity (Wildman–Crippen MR) is 119 cm³/mol. The Labute approximate surface area is 180 Å². The molecule has 1 aliphatic heterocycles. The number of likely N-dealkylation sites (tertiary alicyclic amines) is 1. The standard InChI is InChI=1S/C24H26N4O3/c1-17-8-7-15-27(16-17)21(29)13-14-25-23(30)22-19-11-5-6-12-20(19)24(31)28(26-22)18-9-3-2-4-10-18/h2-6,9-12,17H,7-8,13-16H2,1H3,(H,25,30). The lowest BCUT2D eigenvalue weighted by molar-refractivity contribution is -0.132. The first-order valence-corrected chi connectivity index (χ1v) is 10.7. The second-order valence-corrected chi connectivity index (χ2v) is 8.04.